The molecule has 0 aliphatic heterocycles. The minimum atomic E-state index is 0.0172. The van der Waals surface area contributed by atoms with Gasteiger partial charge in [-0.05, 0) is 37.1 Å². The first-order chi connectivity index (χ1) is 7.75. The normalized spacial score (nSPS) is 17.1. The number of carbonyl (C=O) groups is 1. The van der Waals surface area contributed by atoms with Crippen molar-refractivity contribution in [2.45, 2.75) is 38.1 Å². The van der Waals surface area contributed by atoms with E-state index in [9.17, 15) is 4.79 Å². The standard InChI is InChI=1S/C13H16ClNO/c14-11-8-6-10(7-9-11)13(16)15-12-4-2-1-3-5-12/h6-9,12H,1-5H2,(H,15,16). The molecule has 0 heterocycles. The summed E-state index contributed by atoms with van der Waals surface area (Å²) in [5.41, 5.74) is 0.690. The Morgan fingerprint density at radius 1 is 1.12 bits per heavy atom. The van der Waals surface area contributed by atoms with Crippen molar-refractivity contribution < 1.29 is 4.79 Å². The van der Waals surface area contributed by atoms with Crippen LogP contribution in [0.1, 0.15) is 42.5 Å². The minimum absolute atomic E-state index is 0.0172. The summed E-state index contributed by atoms with van der Waals surface area (Å²) < 4.78 is 0. The summed E-state index contributed by atoms with van der Waals surface area (Å²) in [6.45, 7) is 0. The molecule has 0 aromatic heterocycles. The van der Waals surface area contributed by atoms with Gasteiger partial charge in [0.25, 0.3) is 5.91 Å². The SMILES string of the molecule is O=C(NC1CCCCC1)c1ccc(Cl)cc1. The van der Waals surface area contributed by atoms with Crippen molar-refractivity contribution in [2.24, 2.45) is 0 Å². The van der Waals surface area contributed by atoms with Crippen LogP contribution < -0.4 is 5.32 Å². The summed E-state index contributed by atoms with van der Waals surface area (Å²) in [7, 11) is 0. The fourth-order valence-electron chi connectivity index (χ4n) is 2.12. The highest BCUT2D eigenvalue weighted by Crippen LogP contribution is 2.18. The lowest BCUT2D eigenvalue weighted by Crippen LogP contribution is -2.36. The van der Waals surface area contributed by atoms with Crippen LogP contribution in [0.3, 0.4) is 0 Å². The van der Waals surface area contributed by atoms with Gasteiger partial charge in [0.15, 0.2) is 0 Å². The van der Waals surface area contributed by atoms with Crippen LogP contribution in [0.5, 0.6) is 0 Å². The third kappa shape index (κ3) is 2.99. The molecule has 1 amide bonds. The molecule has 1 aromatic rings. The molecule has 3 heteroatoms. The molecule has 2 nitrogen and oxygen atoms in total. The van der Waals surface area contributed by atoms with Gasteiger partial charge >= 0.3 is 0 Å². The van der Waals surface area contributed by atoms with Crippen molar-refractivity contribution in [3.8, 4) is 0 Å². The van der Waals surface area contributed by atoms with Crippen LogP contribution in [0.2, 0.25) is 5.02 Å². The Labute approximate surface area is 101 Å². The molecule has 0 saturated heterocycles. The van der Waals surface area contributed by atoms with Gasteiger partial charge < -0.3 is 5.32 Å². The van der Waals surface area contributed by atoms with Gasteiger partial charge in [-0.25, -0.2) is 0 Å². The molecule has 86 valence electrons. The fourth-order valence-corrected chi connectivity index (χ4v) is 2.24. The minimum Gasteiger partial charge on any atom is -0.349 e. The average molecular weight is 238 g/mol. The van der Waals surface area contributed by atoms with E-state index >= 15 is 0 Å². The zero-order valence-electron chi connectivity index (χ0n) is 9.21. The van der Waals surface area contributed by atoms with Crippen LogP contribution in [-0.4, -0.2) is 11.9 Å². The van der Waals surface area contributed by atoms with Gasteiger partial charge in [0.1, 0.15) is 0 Å². The van der Waals surface area contributed by atoms with E-state index in [4.69, 9.17) is 11.6 Å². The molecule has 1 aromatic carbocycles. The summed E-state index contributed by atoms with van der Waals surface area (Å²) in [5.74, 6) is 0.0172. The second-order valence-electron chi connectivity index (χ2n) is 4.32. The van der Waals surface area contributed by atoms with E-state index in [0.29, 0.717) is 16.6 Å². The van der Waals surface area contributed by atoms with Crippen molar-refractivity contribution in [1.82, 2.24) is 5.32 Å². The number of rotatable bonds is 2. The lowest BCUT2D eigenvalue weighted by molar-refractivity contribution is 0.0928. The molecule has 0 bridgehead atoms. The lowest BCUT2D eigenvalue weighted by atomic mass is 9.95. The molecule has 2 rings (SSSR count). The van der Waals surface area contributed by atoms with Crippen molar-refractivity contribution >= 4 is 17.5 Å². The summed E-state index contributed by atoms with van der Waals surface area (Å²) in [5, 5.41) is 3.73. The predicted octanol–water partition coefficient (Wildman–Crippen LogP) is 3.40. The second kappa shape index (κ2) is 5.35. The van der Waals surface area contributed by atoms with Gasteiger partial charge in [-0.1, -0.05) is 30.9 Å². The highest BCUT2D eigenvalue weighted by molar-refractivity contribution is 6.30. The number of halogens is 1. The molecular formula is C13H16ClNO. The monoisotopic (exact) mass is 237 g/mol. The van der Waals surface area contributed by atoms with E-state index < -0.39 is 0 Å². The fraction of sp³-hybridized carbons (Fsp3) is 0.462. The van der Waals surface area contributed by atoms with Crippen molar-refractivity contribution in [1.29, 1.82) is 0 Å². The third-order valence-electron chi connectivity index (χ3n) is 3.05. The summed E-state index contributed by atoms with van der Waals surface area (Å²) >= 11 is 5.78. The topological polar surface area (TPSA) is 29.1 Å². The zero-order chi connectivity index (χ0) is 11.4. The van der Waals surface area contributed by atoms with E-state index in [0.717, 1.165) is 12.8 Å². The molecule has 1 aliphatic rings. The van der Waals surface area contributed by atoms with Gasteiger partial charge in [0, 0.05) is 16.6 Å². The number of nitrogens with one attached hydrogen (secondary N) is 1. The molecule has 1 fully saturated rings. The van der Waals surface area contributed by atoms with Crippen molar-refractivity contribution in [3.63, 3.8) is 0 Å². The van der Waals surface area contributed by atoms with E-state index in [2.05, 4.69) is 5.32 Å². The largest absolute Gasteiger partial charge is 0.349 e. The maximum Gasteiger partial charge on any atom is 0.251 e. The smallest absolute Gasteiger partial charge is 0.251 e. The van der Waals surface area contributed by atoms with Gasteiger partial charge in [0.05, 0.1) is 0 Å². The number of hydrogen-bond acceptors (Lipinski definition) is 1. The average Bonchev–Trinajstić information content (AvgIpc) is 2.31. The Morgan fingerprint density at radius 2 is 1.75 bits per heavy atom. The van der Waals surface area contributed by atoms with Gasteiger partial charge in [-0.15, -0.1) is 0 Å². The number of amides is 1. The van der Waals surface area contributed by atoms with Crippen LogP contribution in [0, 0.1) is 0 Å². The highest BCUT2D eigenvalue weighted by atomic mass is 35.5. The van der Waals surface area contributed by atoms with E-state index in [1.54, 1.807) is 24.3 Å². The molecule has 0 radical (unpaired) electrons. The Hall–Kier alpha value is -1.02. The second-order valence-corrected chi connectivity index (χ2v) is 4.75. The number of carbonyl (C=O) groups excluding carboxylic acids is 1. The first-order valence-electron chi connectivity index (χ1n) is 5.82. The lowest BCUT2D eigenvalue weighted by Gasteiger charge is -2.22. The Kier molecular flexibility index (Phi) is 3.83. The van der Waals surface area contributed by atoms with Gasteiger partial charge in [0.2, 0.25) is 0 Å². The summed E-state index contributed by atoms with van der Waals surface area (Å²) in [6.07, 6.45) is 5.98. The van der Waals surface area contributed by atoms with E-state index in [1.807, 2.05) is 0 Å². The van der Waals surface area contributed by atoms with Crippen LogP contribution in [0.25, 0.3) is 0 Å². The maximum absolute atomic E-state index is 11.9. The van der Waals surface area contributed by atoms with Crippen LogP contribution >= 0.6 is 11.6 Å². The molecule has 0 spiro atoms. The maximum atomic E-state index is 11.9. The molecule has 0 atom stereocenters. The Balaban J connectivity index is 1.94. The van der Waals surface area contributed by atoms with Crippen LogP contribution in [0.4, 0.5) is 0 Å². The van der Waals surface area contributed by atoms with Crippen LogP contribution in [0.15, 0.2) is 24.3 Å². The quantitative estimate of drug-likeness (QED) is 0.839. The number of benzene rings is 1. The number of hydrogen-bond donors (Lipinski definition) is 1. The van der Waals surface area contributed by atoms with Crippen molar-refractivity contribution in [3.05, 3.63) is 34.9 Å². The highest BCUT2D eigenvalue weighted by Gasteiger charge is 2.16. The van der Waals surface area contributed by atoms with Crippen molar-refractivity contribution in [2.75, 3.05) is 0 Å². The predicted molar refractivity (Wildman–Crippen MR) is 65.8 cm³/mol. The molecule has 1 N–H and O–H groups in total. The van der Waals surface area contributed by atoms with Gasteiger partial charge in [-0.3, -0.25) is 4.79 Å². The van der Waals surface area contributed by atoms with Gasteiger partial charge in [-0.2, -0.15) is 0 Å². The first-order valence-corrected chi connectivity index (χ1v) is 6.20. The molecule has 1 aliphatic carbocycles. The molecule has 1 saturated carbocycles. The van der Waals surface area contributed by atoms with E-state index in [1.165, 1.54) is 19.3 Å². The van der Waals surface area contributed by atoms with E-state index in [-0.39, 0.29) is 5.91 Å². The summed E-state index contributed by atoms with van der Waals surface area (Å²) in [4.78, 5) is 11.9. The zero-order valence-corrected chi connectivity index (χ0v) is 9.96. The third-order valence-corrected chi connectivity index (χ3v) is 3.30. The first kappa shape index (κ1) is 11.5. The summed E-state index contributed by atoms with van der Waals surface area (Å²) in [6, 6.07) is 7.38. The van der Waals surface area contributed by atoms with Crippen LogP contribution in [-0.2, 0) is 0 Å². The Morgan fingerprint density at radius 3 is 2.38 bits per heavy atom. The molecule has 0 unspecified atom stereocenters. The Bertz CT molecular complexity index is 355. The molecular weight excluding hydrogens is 222 g/mol. The molecule has 16 heavy (non-hydrogen) atoms.